The van der Waals surface area contributed by atoms with E-state index in [1.165, 1.54) is 12.1 Å². The Hall–Kier alpha value is -1.82. The number of amides is 1. The fraction of sp³-hybridized carbons (Fsp3) is 0. The smallest absolute Gasteiger partial charge is 0.255 e. The maximum absolute atomic E-state index is 13.3. The maximum Gasteiger partial charge on any atom is 0.255 e. The molecule has 19 heavy (non-hydrogen) atoms. The predicted octanol–water partition coefficient (Wildman–Crippen LogP) is 4.12. The molecule has 0 atom stereocenters. The molecule has 2 nitrogen and oxygen atoms in total. The summed E-state index contributed by atoms with van der Waals surface area (Å²) in [5.74, 6) is -2.93. The highest BCUT2D eigenvalue weighted by Crippen LogP contribution is 2.18. The molecule has 0 radical (unpaired) electrons. The van der Waals surface area contributed by atoms with Crippen LogP contribution in [0.5, 0.6) is 0 Å². The summed E-state index contributed by atoms with van der Waals surface area (Å²) in [6.07, 6.45) is 0. The SMILES string of the molecule is O=C(Nc1ccc(F)cc1F)c1cc(F)cc(Br)c1. The van der Waals surface area contributed by atoms with Gasteiger partial charge in [0.15, 0.2) is 0 Å². The van der Waals surface area contributed by atoms with Crippen LogP contribution < -0.4 is 5.32 Å². The Balaban J connectivity index is 2.25. The molecule has 0 aromatic heterocycles. The summed E-state index contributed by atoms with van der Waals surface area (Å²) in [6, 6.07) is 6.35. The van der Waals surface area contributed by atoms with Crippen molar-refractivity contribution in [3.8, 4) is 0 Å². The van der Waals surface area contributed by atoms with Crippen LogP contribution in [-0.4, -0.2) is 5.91 Å². The first-order chi connectivity index (χ1) is 8.95. The molecule has 2 rings (SSSR count). The van der Waals surface area contributed by atoms with Crippen molar-refractivity contribution in [2.24, 2.45) is 0 Å². The molecule has 0 aliphatic heterocycles. The van der Waals surface area contributed by atoms with E-state index in [9.17, 15) is 18.0 Å². The lowest BCUT2D eigenvalue weighted by molar-refractivity contribution is 0.102. The summed E-state index contributed by atoms with van der Waals surface area (Å²) < 4.78 is 39.6. The Bertz CT molecular complexity index is 626. The van der Waals surface area contributed by atoms with E-state index in [1.807, 2.05) is 0 Å². The molecule has 0 saturated heterocycles. The third-order valence-electron chi connectivity index (χ3n) is 2.30. The van der Waals surface area contributed by atoms with Crippen LogP contribution in [0.1, 0.15) is 10.4 Å². The van der Waals surface area contributed by atoms with Crippen molar-refractivity contribution < 1.29 is 18.0 Å². The van der Waals surface area contributed by atoms with Crippen LogP contribution >= 0.6 is 15.9 Å². The molecule has 2 aromatic carbocycles. The van der Waals surface area contributed by atoms with Gasteiger partial charge in [0.05, 0.1) is 5.69 Å². The number of hydrogen-bond acceptors (Lipinski definition) is 1. The number of anilines is 1. The second-order valence-electron chi connectivity index (χ2n) is 3.74. The van der Waals surface area contributed by atoms with E-state index in [1.54, 1.807) is 0 Å². The average Bonchev–Trinajstić information content (AvgIpc) is 2.31. The van der Waals surface area contributed by atoms with Crippen molar-refractivity contribution in [3.63, 3.8) is 0 Å². The molecule has 0 aliphatic carbocycles. The second kappa shape index (κ2) is 5.44. The van der Waals surface area contributed by atoms with E-state index in [0.717, 1.165) is 18.2 Å². The van der Waals surface area contributed by atoms with Gasteiger partial charge in [-0.2, -0.15) is 0 Å². The number of rotatable bonds is 2. The van der Waals surface area contributed by atoms with Crippen molar-refractivity contribution >= 4 is 27.5 Å². The van der Waals surface area contributed by atoms with E-state index >= 15 is 0 Å². The minimum atomic E-state index is -0.899. The number of carbonyl (C=O) groups excluding carboxylic acids is 1. The number of hydrogen-bond donors (Lipinski definition) is 1. The lowest BCUT2D eigenvalue weighted by Crippen LogP contribution is -2.13. The summed E-state index contributed by atoms with van der Waals surface area (Å²) >= 11 is 3.05. The van der Waals surface area contributed by atoms with E-state index < -0.39 is 23.4 Å². The number of carbonyl (C=O) groups is 1. The highest BCUT2D eigenvalue weighted by Gasteiger charge is 2.11. The average molecular weight is 330 g/mol. The standard InChI is InChI=1S/C13H7BrF3NO/c14-8-3-7(4-10(16)5-8)13(19)18-12-2-1-9(15)6-11(12)17/h1-6H,(H,18,19). The van der Waals surface area contributed by atoms with E-state index in [-0.39, 0.29) is 11.3 Å². The zero-order chi connectivity index (χ0) is 14.0. The van der Waals surface area contributed by atoms with E-state index in [0.29, 0.717) is 10.5 Å². The molecule has 2 aromatic rings. The lowest BCUT2D eigenvalue weighted by atomic mass is 10.2. The quantitative estimate of drug-likeness (QED) is 0.882. The summed E-state index contributed by atoms with van der Waals surface area (Å²) in [4.78, 5) is 11.8. The second-order valence-corrected chi connectivity index (χ2v) is 4.65. The summed E-state index contributed by atoms with van der Waals surface area (Å²) in [6.45, 7) is 0. The first-order valence-corrected chi connectivity index (χ1v) is 5.97. The zero-order valence-electron chi connectivity index (χ0n) is 9.38. The van der Waals surface area contributed by atoms with Crippen molar-refractivity contribution in [2.75, 3.05) is 5.32 Å². The predicted molar refractivity (Wildman–Crippen MR) is 68.4 cm³/mol. The fourth-order valence-electron chi connectivity index (χ4n) is 1.47. The Morgan fingerprint density at radius 1 is 1.00 bits per heavy atom. The molecule has 1 N–H and O–H groups in total. The van der Waals surface area contributed by atoms with Crippen LogP contribution in [0.2, 0.25) is 0 Å². The summed E-state index contributed by atoms with van der Waals surface area (Å²) in [5.41, 5.74) is -0.151. The van der Waals surface area contributed by atoms with Gasteiger partial charge in [-0.25, -0.2) is 13.2 Å². The first-order valence-electron chi connectivity index (χ1n) is 5.18. The summed E-state index contributed by atoms with van der Waals surface area (Å²) in [5, 5.41) is 2.24. The molecule has 0 heterocycles. The van der Waals surface area contributed by atoms with Gasteiger partial charge in [0, 0.05) is 16.1 Å². The maximum atomic E-state index is 13.3. The monoisotopic (exact) mass is 329 g/mol. The minimum absolute atomic E-state index is 0.0237. The first kappa shape index (κ1) is 13.6. The molecule has 0 unspecified atom stereocenters. The topological polar surface area (TPSA) is 29.1 Å². The van der Waals surface area contributed by atoms with Crippen LogP contribution in [0.25, 0.3) is 0 Å². The third kappa shape index (κ3) is 3.35. The molecule has 0 fully saturated rings. The largest absolute Gasteiger partial charge is 0.319 e. The van der Waals surface area contributed by atoms with Crippen LogP contribution in [0.4, 0.5) is 18.9 Å². The van der Waals surface area contributed by atoms with E-state index in [2.05, 4.69) is 21.2 Å². The highest BCUT2D eigenvalue weighted by molar-refractivity contribution is 9.10. The number of nitrogens with one attached hydrogen (secondary N) is 1. The van der Waals surface area contributed by atoms with Gasteiger partial charge >= 0.3 is 0 Å². The molecular formula is C13H7BrF3NO. The fourth-order valence-corrected chi connectivity index (χ4v) is 1.94. The molecule has 0 aliphatic rings. The van der Waals surface area contributed by atoms with Crippen molar-refractivity contribution in [1.29, 1.82) is 0 Å². The molecule has 98 valence electrons. The normalized spacial score (nSPS) is 10.3. The highest BCUT2D eigenvalue weighted by atomic mass is 79.9. The third-order valence-corrected chi connectivity index (χ3v) is 2.76. The van der Waals surface area contributed by atoms with E-state index in [4.69, 9.17) is 0 Å². The molecule has 0 saturated carbocycles. The van der Waals surface area contributed by atoms with Crippen LogP contribution in [0.3, 0.4) is 0 Å². The molecule has 0 spiro atoms. The lowest BCUT2D eigenvalue weighted by Gasteiger charge is -2.07. The zero-order valence-corrected chi connectivity index (χ0v) is 11.0. The van der Waals surface area contributed by atoms with Crippen LogP contribution in [0, 0.1) is 17.5 Å². The number of halogens is 4. The van der Waals surface area contributed by atoms with Crippen LogP contribution in [-0.2, 0) is 0 Å². The summed E-state index contributed by atoms with van der Waals surface area (Å²) in [7, 11) is 0. The Morgan fingerprint density at radius 3 is 2.37 bits per heavy atom. The van der Waals surface area contributed by atoms with Crippen molar-refractivity contribution in [1.82, 2.24) is 0 Å². The Morgan fingerprint density at radius 2 is 1.74 bits per heavy atom. The van der Waals surface area contributed by atoms with Gasteiger partial charge in [0.1, 0.15) is 17.5 Å². The Kier molecular flexibility index (Phi) is 3.90. The molecule has 1 amide bonds. The van der Waals surface area contributed by atoms with Gasteiger partial charge in [-0.15, -0.1) is 0 Å². The van der Waals surface area contributed by atoms with Gasteiger partial charge in [0.2, 0.25) is 0 Å². The minimum Gasteiger partial charge on any atom is -0.319 e. The molecule has 6 heteroatoms. The van der Waals surface area contributed by atoms with Crippen LogP contribution in [0.15, 0.2) is 40.9 Å². The molecular weight excluding hydrogens is 323 g/mol. The molecule has 0 bridgehead atoms. The van der Waals surface area contributed by atoms with Gasteiger partial charge in [0.25, 0.3) is 5.91 Å². The van der Waals surface area contributed by atoms with Gasteiger partial charge < -0.3 is 5.32 Å². The van der Waals surface area contributed by atoms with Gasteiger partial charge in [-0.1, -0.05) is 15.9 Å². The Labute approximate surface area is 115 Å². The van der Waals surface area contributed by atoms with Gasteiger partial charge in [-0.3, -0.25) is 4.79 Å². The number of benzene rings is 2. The van der Waals surface area contributed by atoms with Crippen molar-refractivity contribution in [2.45, 2.75) is 0 Å². The van der Waals surface area contributed by atoms with Gasteiger partial charge in [-0.05, 0) is 30.3 Å². The van der Waals surface area contributed by atoms with Crippen molar-refractivity contribution in [3.05, 3.63) is 63.9 Å².